The summed E-state index contributed by atoms with van der Waals surface area (Å²) in [5.41, 5.74) is 6.25. The monoisotopic (exact) mass is 468 g/mol. The molecule has 0 saturated heterocycles. The Balaban J connectivity index is 1.63. The van der Waals surface area contributed by atoms with E-state index in [1.54, 1.807) is 6.92 Å². The van der Waals surface area contributed by atoms with Gasteiger partial charge < -0.3 is 4.74 Å². The Morgan fingerprint density at radius 1 is 0.971 bits per heavy atom. The lowest BCUT2D eigenvalue weighted by Gasteiger charge is -2.62. The Labute approximate surface area is 210 Å². The van der Waals surface area contributed by atoms with Crippen molar-refractivity contribution in [3.05, 3.63) is 22.8 Å². The number of hydrogen-bond donors (Lipinski definition) is 0. The molecule has 2 saturated carbocycles. The van der Waals surface area contributed by atoms with Gasteiger partial charge in [-0.05, 0) is 112 Å². The maximum Gasteiger partial charge on any atom is 0.302 e. The molecule has 4 aliphatic carbocycles. The van der Waals surface area contributed by atoms with E-state index in [1.807, 2.05) is 11.1 Å². The highest BCUT2D eigenvalue weighted by molar-refractivity contribution is 5.66. The molecule has 0 heterocycles. The van der Waals surface area contributed by atoms with Gasteiger partial charge in [0.15, 0.2) is 0 Å². The first-order chi connectivity index (χ1) is 15.8. The molecule has 3 unspecified atom stereocenters. The van der Waals surface area contributed by atoms with Crippen LogP contribution in [0, 0.1) is 39.4 Å². The van der Waals surface area contributed by atoms with E-state index in [0.717, 1.165) is 18.3 Å². The highest BCUT2D eigenvalue weighted by atomic mass is 16.5. The molecule has 0 N–H and O–H groups in total. The minimum absolute atomic E-state index is 0.0382. The lowest BCUT2D eigenvalue weighted by atomic mass is 9.43. The molecule has 0 radical (unpaired) electrons. The SMILES string of the molecule is CC(=O)O[C@H]1CCC2(C)C3=C(CCC2C1(C)C)[C@@]1(C)CC[C@@H](C(C)CCC=C(C)C)[C@]1(C)CC3. The third kappa shape index (κ3) is 3.85. The molecule has 4 rings (SSSR count). The summed E-state index contributed by atoms with van der Waals surface area (Å²) in [5, 5.41) is 0. The van der Waals surface area contributed by atoms with Crippen LogP contribution in [0.5, 0.6) is 0 Å². The van der Waals surface area contributed by atoms with Gasteiger partial charge in [0.05, 0.1) is 0 Å². The van der Waals surface area contributed by atoms with Crippen molar-refractivity contribution in [2.24, 2.45) is 39.4 Å². The Morgan fingerprint density at radius 3 is 2.32 bits per heavy atom. The zero-order valence-corrected chi connectivity index (χ0v) is 23.8. The van der Waals surface area contributed by atoms with E-state index in [9.17, 15) is 4.79 Å². The molecule has 0 aromatic heterocycles. The van der Waals surface area contributed by atoms with Gasteiger partial charge in [0.1, 0.15) is 6.10 Å². The van der Waals surface area contributed by atoms with Gasteiger partial charge >= 0.3 is 5.97 Å². The van der Waals surface area contributed by atoms with Crippen molar-refractivity contribution in [2.75, 3.05) is 0 Å². The molecular weight excluding hydrogens is 416 g/mol. The van der Waals surface area contributed by atoms with Crippen molar-refractivity contribution in [1.29, 1.82) is 0 Å². The van der Waals surface area contributed by atoms with E-state index < -0.39 is 0 Å². The van der Waals surface area contributed by atoms with Crippen LogP contribution >= 0.6 is 0 Å². The molecule has 0 aliphatic heterocycles. The van der Waals surface area contributed by atoms with Crippen molar-refractivity contribution in [3.8, 4) is 0 Å². The maximum atomic E-state index is 11.8. The summed E-state index contributed by atoms with van der Waals surface area (Å²) in [4.78, 5) is 11.8. The van der Waals surface area contributed by atoms with Crippen LogP contribution in [-0.2, 0) is 9.53 Å². The zero-order valence-electron chi connectivity index (χ0n) is 23.8. The second-order valence-electron chi connectivity index (χ2n) is 14.2. The van der Waals surface area contributed by atoms with Crippen molar-refractivity contribution in [3.63, 3.8) is 0 Å². The van der Waals surface area contributed by atoms with Crippen LogP contribution in [-0.4, -0.2) is 12.1 Å². The van der Waals surface area contributed by atoms with E-state index in [0.29, 0.717) is 16.7 Å². The van der Waals surface area contributed by atoms with E-state index in [4.69, 9.17) is 4.74 Å². The normalized spacial score (nSPS) is 41.7. The fraction of sp³-hybridized carbons (Fsp3) is 0.844. The van der Waals surface area contributed by atoms with E-state index in [-0.39, 0.29) is 22.9 Å². The summed E-state index contributed by atoms with van der Waals surface area (Å²) < 4.78 is 5.87. The molecular formula is C32H52O2. The topological polar surface area (TPSA) is 26.3 Å². The average Bonchev–Trinajstić information content (AvgIpc) is 3.01. The van der Waals surface area contributed by atoms with Crippen molar-refractivity contribution < 1.29 is 9.53 Å². The van der Waals surface area contributed by atoms with Crippen molar-refractivity contribution in [1.82, 2.24) is 0 Å². The van der Waals surface area contributed by atoms with Gasteiger partial charge in [0, 0.05) is 12.3 Å². The highest BCUT2D eigenvalue weighted by Crippen LogP contribution is 2.72. The van der Waals surface area contributed by atoms with Gasteiger partial charge in [-0.15, -0.1) is 0 Å². The summed E-state index contributed by atoms with van der Waals surface area (Å²) in [7, 11) is 0. The van der Waals surface area contributed by atoms with Gasteiger partial charge in [0.25, 0.3) is 0 Å². The van der Waals surface area contributed by atoms with Crippen LogP contribution < -0.4 is 0 Å². The van der Waals surface area contributed by atoms with E-state index in [1.165, 1.54) is 63.4 Å². The number of carbonyl (C=O) groups excluding carboxylic acids is 1. The Kier molecular flexibility index (Phi) is 6.74. The van der Waals surface area contributed by atoms with Crippen LogP contribution in [0.4, 0.5) is 0 Å². The van der Waals surface area contributed by atoms with Gasteiger partial charge in [-0.1, -0.05) is 64.3 Å². The molecule has 34 heavy (non-hydrogen) atoms. The van der Waals surface area contributed by atoms with Crippen LogP contribution in [0.15, 0.2) is 22.8 Å². The molecule has 0 amide bonds. The van der Waals surface area contributed by atoms with Crippen LogP contribution in [0.1, 0.15) is 127 Å². The number of ether oxygens (including phenoxy) is 1. The molecule has 4 aliphatic rings. The fourth-order valence-electron chi connectivity index (χ4n) is 9.86. The third-order valence-corrected chi connectivity index (χ3v) is 11.9. The molecule has 0 spiro atoms. The third-order valence-electron chi connectivity index (χ3n) is 11.9. The summed E-state index contributed by atoms with van der Waals surface area (Å²) in [6.07, 6.45) is 15.2. The number of esters is 1. The minimum atomic E-state index is -0.117. The second kappa shape index (κ2) is 8.81. The number of hydrogen-bond acceptors (Lipinski definition) is 2. The molecule has 2 nitrogen and oxygen atoms in total. The Morgan fingerprint density at radius 2 is 1.68 bits per heavy atom. The molecule has 0 bridgehead atoms. The second-order valence-corrected chi connectivity index (χ2v) is 14.2. The van der Waals surface area contributed by atoms with Gasteiger partial charge in [-0.2, -0.15) is 0 Å². The fourth-order valence-corrected chi connectivity index (χ4v) is 9.86. The maximum absolute atomic E-state index is 11.8. The predicted molar refractivity (Wildman–Crippen MR) is 142 cm³/mol. The Hall–Kier alpha value is -1.05. The molecule has 192 valence electrons. The first-order valence-electron chi connectivity index (χ1n) is 14.3. The lowest BCUT2D eigenvalue weighted by Crippen LogP contribution is -2.55. The van der Waals surface area contributed by atoms with Crippen molar-refractivity contribution in [2.45, 2.75) is 133 Å². The van der Waals surface area contributed by atoms with Gasteiger partial charge in [-0.3, -0.25) is 4.79 Å². The molecule has 2 fully saturated rings. The van der Waals surface area contributed by atoms with Crippen LogP contribution in [0.3, 0.4) is 0 Å². The summed E-state index contributed by atoms with van der Waals surface area (Å²) in [6.45, 7) is 21.2. The van der Waals surface area contributed by atoms with Crippen LogP contribution in [0.25, 0.3) is 0 Å². The van der Waals surface area contributed by atoms with Gasteiger partial charge in [-0.25, -0.2) is 0 Å². The van der Waals surface area contributed by atoms with Crippen LogP contribution in [0.2, 0.25) is 0 Å². The Bertz CT molecular complexity index is 873. The average molecular weight is 469 g/mol. The van der Waals surface area contributed by atoms with Crippen molar-refractivity contribution >= 4 is 5.97 Å². The molecule has 0 aromatic rings. The van der Waals surface area contributed by atoms with E-state index in [2.05, 4.69) is 61.5 Å². The predicted octanol–water partition coefficient (Wildman–Crippen LogP) is 9.05. The lowest BCUT2D eigenvalue weighted by molar-refractivity contribution is -0.167. The molecule has 0 aromatic carbocycles. The number of fused-ring (bicyclic) bond motifs is 4. The quantitative estimate of drug-likeness (QED) is 0.297. The summed E-state index contributed by atoms with van der Waals surface area (Å²) >= 11 is 0. The molecule has 7 atom stereocenters. The highest BCUT2D eigenvalue weighted by Gasteiger charge is 2.63. The first-order valence-corrected chi connectivity index (χ1v) is 14.3. The van der Waals surface area contributed by atoms with Gasteiger partial charge in [0.2, 0.25) is 0 Å². The summed E-state index contributed by atoms with van der Waals surface area (Å²) in [5.74, 6) is 2.13. The zero-order chi connectivity index (χ0) is 25.1. The molecule has 2 heteroatoms. The largest absolute Gasteiger partial charge is 0.462 e. The number of carbonyl (C=O) groups is 1. The number of allylic oxidation sites excluding steroid dienone is 4. The standard InChI is InChI=1S/C32H52O2/c1-21(2)11-10-12-22(3)24-15-19-32(9)26-13-14-27-29(5,6)28(34-23(4)33)17-18-30(27,7)25(26)16-20-31(24,32)8/h11,22,24,27-28H,10,12-20H2,1-9H3/t22?,24-,27?,28-,30?,31-,32+/m0/s1. The van der Waals surface area contributed by atoms with E-state index >= 15 is 0 Å². The minimum Gasteiger partial charge on any atom is -0.462 e. The number of rotatable bonds is 5. The summed E-state index contributed by atoms with van der Waals surface area (Å²) in [6, 6.07) is 0. The first kappa shape index (κ1) is 26.0. The smallest absolute Gasteiger partial charge is 0.302 e.